The van der Waals surface area contributed by atoms with Gasteiger partial charge < -0.3 is 0 Å². The maximum atomic E-state index is 2.21. The van der Waals surface area contributed by atoms with Crippen molar-refractivity contribution >= 4 is 22.0 Å². The van der Waals surface area contributed by atoms with Gasteiger partial charge in [0.15, 0.2) is 0 Å². The molecule has 6 heavy (non-hydrogen) atoms. The molecule has 0 fully saturated rings. The molecule has 0 aromatic heterocycles. The minimum atomic E-state index is 0. The minimum absolute atomic E-state index is 0. The standard InChI is InChI=1S/C2H9B3.Re/c1-2-4-5-3;/h4-5H,2-3H2,1H3;. The number of rotatable bonds is 2. The van der Waals surface area contributed by atoms with Crippen LogP contribution in [0.2, 0.25) is 6.32 Å². The van der Waals surface area contributed by atoms with E-state index in [1.807, 2.05) is 0 Å². The van der Waals surface area contributed by atoms with Gasteiger partial charge in [-0.05, 0) is 0 Å². The smallest absolute Gasteiger partial charge is 0.0776 e. The van der Waals surface area contributed by atoms with Gasteiger partial charge in [-0.15, -0.1) is 0 Å². The molecule has 0 bridgehead atoms. The molecule has 0 rings (SSSR count). The van der Waals surface area contributed by atoms with Crippen LogP contribution in [0, 0.1) is 0 Å². The third-order valence-electron chi connectivity index (χ3n) is 0.707. The molecule has 0 heterocycles. The molecule has 0 aliphatic rings. The Morgan fingerprint density at radius 2 is 2.17 bits per heavy atom. The SMILES string of the molecule is BBBCC.[Re]. The summed E-state index contributed by atoms with van der Waals surface area (Å²) in [6, 6.07) is 0. The second-order valence-electron chi connectivity index (χ2n) is 1.35. The molecule has 33 valence electrons. The average Bonchev–Trinajstić information content (AvgIpc) is 1.41. The molecule has 0 aliphatic carbocycles. The molecule has 0 aromatic rings. The average molecular weight is 252 g/mol. The fourth-order valence-electron chi connectivity index (χ4n) is 0.354. The summed E-state index contributed by atoms with van der Waals surface area (Å²) in [5, 5.41) is 0. The van der Waals surface area contributed by atoms with Crippen LogP contribution in [-0.2, 0) is 20.4 Å². The summed E-state index contributed by atoms with van der Waals surface area (Å²) in [5.41, 5.74) is 0. The summed E-state index contributed by atoms with van der Waals surface area (Å²) in [6.45, 7) is 2.21. The molecular weight excluding hydrogens is 243 g/mol. The maximum Gasteiger partial charge on any atom is 0.0776 e. The zero-order chi connectivity index (χ0) is 4.12. The summed E-state index contributed by atoms with van der Waals surface area (Å²) in [6.07, 6.45) is 1.34. The molecule has 0 amide bonds. The fraction of sp³-hybridized carbons (Fsp3) is 1.00. The molecule has 0 spiro atoms. The van der Waals surface area contributed by atoms with Crippen molar-refractivity contribution in [1.29, 1.82) is 0 Å². The van der Waals surface area contributed by atoms with E-state index in [9.17, 15) is 0 Å². The minimum Gasteiger partial charge on any atom is -0.0881 e. The first-order chi connectivity index (χ1) is 2.41. The monoisotopic (exact) mass is 253 g/mol. The second-order valence-corrected chi connectivity index (χ2v) is 1.35. The van der Waals surface area contributed by atoms with Crippen molar-refractivity contribution in [1.82, 2.24) is 0 Å². The van der Waals surface area contributed by atoms with Crippen LogP contribution in [0.5, 0.6) is 0 Å². The van der Waals surface area contributed by atoms with Crippen LogP contribution in [-0.4, -0.2) is 22.0 Å². The van der Waals surface area contributed by atoms with Crippen LogP contribution in [0.4, 0.5) is 0 Å². The first-order valence-corrected chi connectivity index (χ1v) is 2.41. The Hall–Kier alpha value is 0.857. The van der Waals surface area contributed by atoms with Gasteiger partial charge in [0.25, 0.3) is 0 Å². The topological polar surface area (TPSA) is 0 Å². The van der Waals surface area contributed by atoms with Gasteiger partial charge in [-0.2, -0.15) is 0 Å². The molecule has 0 atom stereocenters. The van der Waals surface area contributed by atoms with E-state index < -0.39 is 0 Å². The summed E-state index contributed by atoms with van der Waals surface area (Å²) in [5.74, 6) is 0. The van der Waals surface area contributed by atoms with Crippen LogP contribution in [0.15, 0.2) is 0 Å². The van der Waals surface area contributed by atoms with Crippen molar-refractivity contribution in [2.75, 3.05) is 0 Å². The van der Waals surface area contributed by atoms with Gasteiger partial charge >= 0.3 is 0 Å². The van der Waals surface area contributed by atoms with Crippen LogP contribution >= 0.6 is 0 Å². The molecule has 0 nitrogen and oxygen atoms in total. The summed E-state index contributed by atoms with van der Waals surface area (Å²) in [4.78, 5) is 0. The number of hydrogen-bond acceptors (Lipinski definition) is 0. The predicted molar refractivity (Wildman–Crippen MR) is 33.3 cm³/mol. The predicted octanol–water partition coefficient (Wildman–Crippen LogP) is -1.24. The van der Waals surface area contributed by atoms with E-state index >= 15 is 0 Å². The molecule has 0 saturated heterocycles. The van der Waals surface area contributed by atoms with Crippen molar-refractivity contribution in [3.63, 3.8) is 0 Å². The van der Waals surface area contributed by atoms with Gasteiger partial charge in [-0.3, -0.25) is 0 Å². The molecule has 0 N–H and O–H groups in total. The molecule has 0 saturated carbocycles. The van der Waals surface area contributed by atoms with Crippen LogP contribution in [0.1, 0.15) is 6.92 Å². The second kappa shape index (κ2) is 9.29. The molecule has 1 radical (unpaired) electrons. The zero-order valence-electron chi connectivity index (χ0n) is 4.50. The zero-order valence-corrected chi connectivity index (χ0v) is 7.22. The van der Waals surface area contributed by atoms with Gasteiger partial charge in [0, 0.05) is 20.4 Å². The summed E-state index contributed by atoms with van der Waals surface area (Å²) < 4.78 is 0. The van der Waals surface area contributed by atoms with Crippen molar-refractivity contribution in [2.45, 2.75) is 13.2 Å². The first-order valence-electron chi connectivity index (χ1n) is 2.41. The Morgan fingerprint density at radius 3 is 2.17 bits per heavy atom. The molecular formula is C2H9B3Re. The number of hydrogen-bond donors (Lipinski definition) is 0. The van der Waals surface area contributed by atoms with Crippen LogP contribution in [0.3, 0.4) is 0 Å². The first kappa shape index (κ1) is 9.97. The van der Waals surface area contributed by atoms with E-state index in [0.29, 0.717) is 0 Å². The fourth-order valence-corrected chi connectivity index (χ4v) is 0.354. The maximum absolute atomic E-state index is 2.21. The third-order valence-corrected chi connectivity index (χ3v) is 0.707. The van der Waals surface area contributed by atoms with Crippen molar-refractivity contribution in [3.05, 3.63) is 0 Å². The van der Waals surface area contributed by atoms with Gasteiger partial charge in [0.05, 0.1) is 22.0 Å². The Morgan fingerprint density at radius 1 is 1.67 bits per heavy atom. The Bertz CT molecular complexity index is 16.3. The third kappa shape index (κ3) is 8.85. The van der Waals surface area contributed by atoms with Crippen LogP contribution < -0.4 is 0 Å². The molecule has 0 aromatic carbocycles. The molecule has 0 aliphatic heterocycles. The van der Waals surface area contributed by atoms with E-state index in [4.69, 9.17) is 0 Å². The quantitative estimate of drug-likeness (QED) is 0.539. The van der Waals surface area contributed by atoms with Crippen molar-refractivity contribution in [2.24, 2.45) is 0 Å². The summed E-state index contributed by atoms with van der Waals surface area (Å²) in [7, 11) is 4.94. The largest absolute Gasteiger partial charge is 0.0881 e. The van der Waals surface area contributed by atoms with E-state index in [1.165, 1.54) is 20.6 Å². The van der Waals surface area contributed by atoms with E-state index in [1.54, 1.807) is 0 Å². The van der Waals surface area contributed by atoms with Gasteiger partial charge in [-0.1, -0.05) is 13.2 Å². The van der Waals surface area contributed by atoms with E-state index in [0.717, 1.165) is 0 Å². The Balaban J connectivity index is 0. The van der Waals surface area contributed by atoms with Crippen molar-refractivity contribution in [3.8, 4) is 0 Å². The van der Waals surface area contributed by atoms with Gasteiger partial charge in [0.2, 0.25) is 0 Å². The molecule has 0 unspecified atom stereocenters. The Kier molecular flexibility index (Phi) is 15.4. The van der Waals surface area contributed by atoms with Gasteiger partial charge in [-0.25, -0.2) is 0 Å². The van der Waals surface area contributed by atoms with Gasteiger partial charge in [0.1, 0.15) is 0 Å². The van der Waals surface area contributed by atoms with Crippen LogP contribution in [0.25, 0.3) is 0 Å². The Labute approximate surface area is 56.0 Å². The van der Waals surface area contributed by atoms with E-state index in [2.05, 4.69) is 14.7 Å². The normalized spacial score (nSPS) is 5.50. The molecule has 4 heteroatoms. The van der Waals surface area contributed by atoms with E-state index in [-0.39, 0.29) is 20.4 Å². The summed E-state index contributed by atoms with van der Waals surface area (Å²) >= 11 is 0. The van der Waals surface area contributed by atoms with Crippen molar-refractivity contribution < 1.29 is 20.4 Å².